The smallest absolute Gasteiger partial charge is 0.327 e. The lowest BCUT2D eigenvalue weighted by molar-refractivity contribution is -0.142. The van der Waals surface area contributed by atoms with Crippen LogP contribution in [0.2, 0.25) is 0 Å². The summed E-state index contributed by atoms with van der Waals surface area (Å²) < 4.78 is 0. The second-order valence-corrected chi connectivity index (χ2v) is 7.44. The minimum atomic E-state index is -1.35. The fourth-order valence-electron chi connectivity index (χ4n) is 2.26. The van der Waals surface area contributed by atoms with Crippen molar-refractivity contribution in [1.29, 1.82) is 0 Å². The number of nitrogens with two attached hydrogens (primary N) is 1. The zero-order chi connectivity index (χ0) is 23.6. The van der Waals surface area contributed by atoms with Crippen molar-refractivity contribution in [2.75, 3.05) is 5.75 Å². The summed E-state index contributed by atoms with van der Waals surface area (Å²) in [5.74, 6) is -5.64. The number of carbonyl (C=O) groups is 5. The van der Waals surface area contributed by atoms with Crippen molar-refractivity contribution in [1.82, 2.24) is 16.0 Å². The van der Waals surface area contributed by atoms with Crippen LogP contribution in [-0.2, 0) is 24.0 Å². The van der Waals surface area contributed by atoms with E-state index in [0.29, 0.717) is 0 Å². The van der Waals surface area contributed by atoms with Crippen LogP contribution in [0, 0.1) is 5.92 Å². The number of carboxylic acids is 2. The Morgan fingerprint density at radius 1 is 0.900 bits per heavy atom. The fourth-order valence-corrected chi connectivity index (χ4v) is 2.51. The topological polar surface area (TPSA) is 208 Å². The number of carbonyl (C=O) groups excluding carboxylic acids is 3. The maximum Gasteiger partial charge on any atom is 0.327 e. The number of carboxylic acid groups (broad SMARTS) is 2. The minimum Gasteiger partial charge on any atom is -0.481 e. The van der Waals surface area contributed by atoms with E-state index in [1.54, 1.807) is 13.8 Å². The van der Waals surface area contributed by atoms with Gasteiger partial charge in [-0.3, -0.25) is 19.2 Å². The highest BCUT2D eigenvalue weighted by molar-refractivity contribution is 7.80. The van der Waals surface area contributed by atoms with Crippen LogP contribution in [0.5, 0.6) is 0 Å². The molecule has 0 fully saturated rings. The van der Waals surface area contributed by atoms with Gasteiger partial charge in [-0.25, -0.2) is 4.79 Å². The van der Waals surface area contributed by atoms with E-state index in [0.717, 1.165) is 0 Å². The largest absolute Gasteiger partial charge is 0.481 e. The first kappa shape index (κ1) is 27.6. The molecule has 5 atom stereocenters. The Balaban J connectivity index is 5.41. The zero-order valence-electron chi connectivity index (χ0n) is 17.0. The number of hydrogen-bond donors (Lipinski definition) is 8. The average molecular weight is 451 g/mol. The molecule has 30 heavy (non-hydrogen) atoms. The molecule has 0 aromatic heterocycles. The lowest BCUT2D eigenvalue weighted by Gasteiger charge is -2.27. The molecule has 0 aliphatic carbocycles. The standard InChI is InChI=1S/C17H30N4O8S/c1-7(2)13(16(27)20-10(6-30)17(28)29)21-14(25)9(4-5-11(23)24)19-15(26)12(18)8(3)22/h7-10,12-13,22,30H,4-6,18H2,1-3H3,(H,19,26)(H,20,27)(H,21,25)(H,23,24)(H,28,29). The lowest BCUT2D eigenvalue weighted by Crippen LogP contribution is -2.59. The molecule has 0 aliphatic rings. The maximum absolute atomic E-state index is 12.7. The molecule has 172 valence electrons. The van der Waals surface area contributed by atoms with Gasteiger partial charge in [-0.2, -0.15) is 12.6 Å². The van der Waals surface area contributed by atoms with Crippen LogP contribution in [0.1, 0.15) is 33.6 Å². The molecule has 8 N–H and O–H groups in total. The third-order valence-electron chi connectivity index (χ3n) is 4.15. The second kappa shape index (κ2) is 13.0. The molecule has 12 nitrogen and oxygen atoms in total. The summed E-state index contributed by atoms with van der Waals surface area (Å²) in [5.41, 5.74) is 5.52. The van der Waals surface area contributed by atoms with Crippen molar-refractivity contribution in [2.45, 2.75) is 63.9 Å². The first-order valence-corrected chi connectivity index (χ1v) is 9.85. The Morgan fingerprint density at radius 3 is 1.83 bits per heavy atom. The van der Waals surface area contributed by atoms with Gasteiger partial charge in [0.05, 0.1) is 6.10 Å². The maximum atomic E-state index is 12.7. The molecule has 0 saturated heterocycles. The molecule has 0 radical (unpaired) electrons. The third-order valence-corrected chi connectivity index (χ3v) is 4.51. The molecule has 0 spiro atoms. The van der Waals surface area contributed by atoms with E-state index in [1.807, 2.05) is 0 Å². The van der Waals surface area contributed by atoms with Gasteiger partial charge in [0, 0.05) is 12.2 Å². The van der Waals surface area contributed by atoms with Crippen LogP contribution in [-0.4, -0.2) is 81.0 Å². The number of aliphatic carboxylic acids is 2. The molecule has 0 aromatic rings. The minimum absolute atomic E-state index is 0.172. The second-order valence-electron chi connectivity index (χ2n) is 7.07. The number of rotatable bonds is 13. The highest BCUT2D eigenvalue weighted by Crippen LogP contribution is 2.06. The van der Waals surface area contributed by atoms with Gasteiger partial charge in [0.15, 0.2) is 0 Å². The van der Waals surface area contributed by atoms with Gasteiger partial charge in [-0.05, 0) is 19.3 Å². The van der Waals surface area contributed by atoms with Crippen LogP contribution in [0.15, 0.2) is 0 Å². The van der Waals surface area contributed by atoms with Gasteiger partial charge in [-0.15, -0.1) is 0 Å². The molecule has 5 unspecified atom stereocenters. The zero-order valence-corrected chi connectivity index (χ0v) is 17.9. The number of thiol groups is 1. The summed E-state index contributed by atoms with van der Waals surface area (Å²) in [6, 6.07) is -5.12. The number of nitrogens with one attached hydrogen (secondary N) is 3. The van der Waals surface area contributed by atoms with Crippen molar-refractivity contribution >= 4 is 42.3 Å². The van der Waals surface area contributed by atoms with Crippen molar-refractivity contribution in [3.63, 3.8) is 0 Å². The molecule has 13 heteroatoms. The van der Waals surface area contributed by atoms with Crippen LogP contribution < -0.4 is 21.7 Å². The van der Waals surface area contributed by atoms with E-state index in [2.05, 4.69) is 28.6 Å². The molecular formula is C17H30N4O8S. The summed E-state index contributed by atoms with van der Waals surface area (Å²) in [5, 5.41) is 34.3. The Labute approximate surface area is 179 Å². The third kappa shape index (κ3) is 9.41. The Hall–Kier alpha value is -2.38. The molecule has 0 aromatic carbocycles. The number of hydrogen-bond acceptors (Lipinski definition) is 8. The van der Waals surface area contributed by atoms with E-state index in [9.17, 15) is 29.1 Å². The summed E-state index contributed by atoms with van der Waals surface area (Å²) in [4.78, 5) is 59.2. The van der Waals surface area contributed by atoms with Crippen LogP contribution in [0.4, 0.5) is 0 Å². The highest BCUT2D eigenvalue weighted by Gasteiger charge is 2.32. The fraction of sp³-hybridized carbons (Fsp3) is 0.706. The predicted molar refractivity (Wildman–Crippen MR) is 109 cm³/mol. The van der Waals surface area contributed by atoms with E-state index in [-0.39, 0.29) is 12.2 Å². The van der Waals surface area contributed by atoms with Crippen molar-refractivity contribution in [3.05, 3.63) is 0 Å². The molecule has 0 saturated carbocycles. The summed E-state index contributed by atoms with van der Waals surface area (Å²) in [7, 11) is 0. The van der Waals surface area contributed by atoms with Crippen molar-refractivity contribution < 1.29 is 39.3 Å². The Bertz CT molecular complexity index is 643. The summed E-state index contributed by atoms with van der Waals surface area (Å²) in [6.07, 6.45) is -1.96. The highest BCUT2D eigenvalue weighted by atomic mass is 32.1. The summed E-state index contributed by atoms with van der Waals surface area (Å²) >= 11 is 3.85. The number of aliphatic hydroxyl groups is 1. The van der Waals surface area contributed by atoms with E-state index in [1.165, 1.54) is 6.92 Å². The predicted octanol–water partition coefficient (Wildman–Crippen LogP) is -2.32. The molecular weight excluding hydrogens is 420 g/mol. The van der Waals surface area contributed by atoms with Crippen LogP contribution in [0.25, 0.3) is 0 Å². The van der Waals surface area contributed by atoms with Gasteiger partial charge in [0.2, 0.25) is 17.7 Å². The van der Waals surface area contributed by atoms with Crippen molar-refractivity contribution in [2.24, 2.45) is 11.7 Å². The van der Waals surface area contributed by atoms with Crippen LogP contribution >= 0.6 is 12.6 Å². The molecule has 0 bridgehead atoms. The quantitative estimate of drug-likeness (QED) is 0.141. The van der Waals surface area contributed by atoms with Gasteiger partial charge in [0.25, 0.3) is 0 Å². The van der Waals surface area contributed by atoms with Gasteiger partial charge in [0.1, 0.15) is 24.2 Å². The normalized spacial score (nSPS) is 16.0. The molecule has 0 rings (SSSR count). The Kier molecular flexibility index (Phi) is 12.0. The SMILES string of the molecule is CC(C)C(NC(=O)C(CCC(=O)O)NC(=O)C(N)C(C)O)C(=O)NC(CS)C(=O)O. The monoisotopic (exact) mass is 450 g/mol. The summed E-state index contributed by atoms with van der Waals surface area (Å²) in [6.45, 7) is 4.49. The number of aliphatic hydroxyl groups excluding tert-OH is 1. The first-order chi connectivity index (χ1) is 13.8. The average Bonchev–Trinajstić information content (AvgIpc) is 2.65. The molecule has 0 heterocycles. The molecule has 3 amide bonds. The van der Waals surface area contributed by atoms with Gasteiger partial charge >= 0.3 is 11.9 Å². The van der Waals surface area contributed by atoms with E-state index in [4.69, 9.17) is 15.9 Å². The number of amides is 3. The van der Waals surface area contributed by atoms with E-state index < -0.39 is 72.3 Å². The van der Waals surface area contributed by atoms with Crippen LogP contribution in [0.3, 0.4) is 0 Å². The van der Waals surface area contributed by atoms with E-state index >= 15 is 0 Å². The Morgan fingerprint density at radius 2 is 1.43 bits per heavy atom. The van der Waals surface area contributed by atoms with Crippen molar-refractivity contribution in [3.8, 4) is 0 Å². The molecule has 0 aliphatic heterocycles. The lowest BCUT2D eigenvalue weighted by atomic mass is 10.0. The first-order valence-electron chi connectivity index (χ1n) is 9.22. The van der Waals surface area contributed by atoms with Gasteiger partial charge < -0.3 is 37.0 Å². The van der Waals surface area contributed by atoms with Gasteiger partial charge in [-0.1, -0.05) is 13.8 Å².